The molecule has 4 heteroatoms. The molecule has 0 bridgehead atoms. The molecule has 4 aromatic heterocycles. The first-order valence-electron chi connectivity index (χ1n) is 16.7. The fraction of sp³-hybridized carbons (Fsp3) is 0. The van der Waals surface area contributed by atoms with Gasteiger partial charge in [-0.15, -0.1) is 45.3 Å². The average Bonchev–Trinajstić information content (AvgIpc) is 3.96. The van der Waals surface area contributed by atoms with E-state index in [1.54, 1.807) is 0 Å². The van der Waals surface area contributed by atoms with Gasteiger partial charge in [-0.1, -0.05) is 121 Å². The molecule has 0 spiro atoms. The van der Waals surface area contributed by atoms with E-state index in [2.05, 4.69) is 158 Å². The van der Waals surface area contributed by atoms with Crippen molar-refractivity contribution in [1.82, 2.24) is 0 Å². The normalized spacial score (nSPS) is 12.0. The van der Waals surface area contributed by atoms with E-state index >= 15 is 0 Å². The third kappa shape index (κ3) is 4.60. The Morgan fingerprint density at radius 2 is 0.640 bits per heavy atom. The van der Waals surface area contributed by atoms with Crippen LogP contribution in [0.25, 0.3) is 104 Å². The third-order valence-corrected chi connectivity index (χ3v) is 14.8. The fourth-order valence-corrected chi connectivity index (χ4v) is 12.1. The van der Waals surface area contributed by atoms with Gasteiger partial charge in [0.15, 0.2) is 0 Å². The smallest absolute Gasteiger partial charge is 0.0534 e. The van der Waals surface area contributed by atoms with Crippen LogP contribution in [0.1, 0.15) is 0 Å². The van der Waals surface area contributed by atoms with Gasteiger partial charge in [0.1, 0.15) is 0 Å². The molecular weight excluding hydrogens is 681 g/mol. The molecule has 0 N–H and O–H groups in total. The molecule has 0 aliphatic rings. The Balaban J connectivity index is 0.930. The van der Waals surface area contributed by atoms with Crippen LogP contribution < -0.4 is 0 Å². The van der Waals surface area contributed by atoms with Gasteiger partial charge in [0, 0.05) is 50.1 Å². The monoisotopic (exact) mass is 706 g/mol. The maximum atomic E-state index is 2.38. The molecule has 0 aliphatic heterocycles. The highest BCUT2D eigenvalue weighted by atomic mass is 32.1. The first kappa shape index (κ1) is 28.7. The van der Waals surface area contributed by atoms with E-state index in [0.29, 0.717) is 0 Å². The molecule has 0 atom stereocenters. The quantitative estimate of drug-likeness (QED) is 0.171. The number of thiophene rings is 4. The summed E-state index contributed by atoms with van der Waals surface area (Å²) in [5, 5.41) is 8.02. The first-order valence-corrected chi connectivity index (χ1v) is 20.0. The summed E-state index contributed by atoms with van der Waals surface area (Å²) < 4.78 is 8.15. The zero-order valence-electron chi connectivity index (χ0n) is 26.6. The van der Waals surface area contributed by atoms with Gasteiger partial charge in [0.25, 0.3) is 0 Å². The Morgan fingerprint density at radius 3 is 1.08 bits per heavy atom. The van der Waals surface area contributed by atoms with Crippen molar-refractivity contribution in [1.29, 1.82) is 0 Å². The SMILES string of the molecule is c1ccc2sc(-c3ccc(-c4ccc5c(c4)sc4c5ccc5c6ccc(-c7ccc(-c8cc9ccccc9s8)cc7)cc6sc54)cc3)cc2c1. The molecule has 0 saturated heterocycles. The summed E-state index contributed by atoms with van der Waals surface area (Å²) in [7, 11) is 0. The zero-order chi connectivity index (χ0) is 32.8. The molecule has 50 heavy (non-hydrogen) atoms. The maximum Gasteiger partial charge on any atom is 0.0534 e. The molecule has 0 nitrogen and oxygen atoms in total. The molecule has 0 aliphatic carbocycles. The number of rotatable bonds is 4. The van der Waals surface area contributed by atoms with Crippen LogP contribution in [0, 0.1) is 0 Å². The van der Waals surface area contributed by atoms with Crippen molar-refractivity contribution in [2.45, 2.75) is 0 Å². The van der Waals surface area contributed by atoms with E-state index in [0.717, 1.165) is 0 Å². The van der Waals surface area contributed by atoms with Crippen LogP contribution in [0.2, 0.25) is 0 Å². The molecule has 0 radical (unpaired) electrons. The number of fused-ring (bicyclic) bond motifs is 9. The van der Waals surface area contributed by atoms with E-state index in [1.807, 2.05) is 45.3 Å². The molecule has 234 valence electrons. The third-order valence-electron chi connectivity index (χ3n) is 9.94. The van der Waals surface area contributed by atoms with Crippen molar-refractivity contribution in [3.05, 3.63) is 158 Å². The largest absolute Gasteiger partial charge is 0.135 e. The minimum absolute atomic E-state index is 1.26. The molecule has 0 unspecified atom stereocenters. The predicted octanol–water partition coefficient (Wildman–Crippen LogP) is 15.5. The lowest BCUT2D eigenvalue weighted by Crippen LogP contribution is -1.79. The zero-order valence-corrected chi connectivity index (χ0v) is 29.9. The second-order valence-electron chi connectivity index (χ2n) is 12.9. The van der Waals surface area contributed by atoms with Crippen molar-refractivity contribution >= 4 is 106 Å². The van der Waals surface area contributed by atoms with Gasteiger partial charge in [-0.2, -0.15) is 0 Å². The van der Waals surface area contributed by atoms with E-state index in [1.165, 1.54) is 104 Å². The summed E-state index contributed by atoms with van der Waals surface area (Å²) in [6, 6.07) is 58.7. The van der Waals surface area contributed by atoms with Crippen LogP contribution in [-0.2, 0) is 0 Å². The molecule has 7 aromatic carbocycles. The lowest BCUT2D eigenvalue weighted by atomic mass is 10.0. The highest BCUT2D eigenvalue weighted by Gasteiger charge is 2.15. The lowest BCUT2D eigenvalue weighted by Gasteiger charge is -2.04. The number of hydrogen-bond acceptors (Lipinski definition) is 4. The second-order valence-corrected chi connectivity index (χ2v) is 17.2. The lowest BCUT2D eigenvalue weighted by molar-refractivity contribution is 1.65. The Hall–Kier alpha value is -5.10. The second kappa shape index (κ2) is 11.2. The molecule has 0 amide bonds. The minimum atomic E-state index is 1.26. The highest BCUT2D eigenvalue weighted by molar-refractivity contribution is 7.33. The summed E-state index contributed by atoms with van der Waals surface area (Å²) in [5.74, 6) is 0. The molecule has 4 heterocycles. The Labute approximate surface area is 304 Å². The van der Waals surface area contributed by atoms with Crippen LogP contribution in [0.15, 0.2) is 158 Å². The number of hydrogen-bond donors (Lipinski definition) is 0. The van der Waals surface area contributed by atoms with Gasteiger partial charge in [-0.05, 0) is 80.6 Å². The molecule has 11 rings (SSSR count). The van der Waals surface area contributed by atoms with Crippen LogP contribution in [-0.4, -0.2) is 0 Å². The van der Waals surface area contributed by atoms with Gasteiger partial charge in [0.2, 0.25) is 0 Å². The standard InChI is InChI=1S/C46H26S4/c1-3-7-39-33(5-1)25-41(47-39)29-13-9-27(10-14-29)31-17-19-35-37-21-22-38-36-20-18-32(24-44(36)50-46(38)45(37)49-43(35)23-31)28-11-15-30(16-12-28)42-26-34-6-2-4-8-40(34)48-42/h1-26H. The van der Waals surface area contributed by atoms with Gasteiger partial charge in [-0.3, -0.25) is 0 Å². The topological polar surface area (TPSA) is 0 Å². The fourth-order valence-electron chi connectivity index (χ4n) is 7.33. The summed E-state index contributed by atoms with van der Waals surface area (Å²) in [6.45, 7) is 0. The summed E-state index contributed by atoms with van der Waals surface area (Å²) in [5.41, 5.74) is 7.59. The van der Waals surface area contributed by atoms with Gasteiger partial charge in [-0.25, -0.2) is 0 Å². The van der Waals surface area contributed by atoms with E-state index in [4.69, 9.17) is 0 Å². The first-order chi connectivity index (χ1) is 24.7. The summed E-state index contributed by atoms with van der Waals surface area (Å²) in [4.78, 5) is 2.64. The summed E-state index contributed by atoms with van der Waals surface area (Å²) in [6.07, 6.45) is 0. The Bertz CT molecular complexity index is 2800. The van der Waals surface area contributed by atoms with E-state index in [9.17, 15) is 0 Å². The van der Waals surface area contributed by atoms with Crippen LogP contribution >= 0.6 is 45.3 Å². The van der Waals surface area contributed by atoms with Gasteiger partial charge < -0.3 is 0 Å². The Kier molecular flexibility index (Phi) is 6.44. The van der Waals surface area contributed by atoms with Crippen molar-refractivity contribution in [3.63, 3.8) is 0 Å². The number of benzene rings is 7. The minimum Gasteiger partial charge on any atom is -0.135 e. The van der Waals surface area contributed by atoms with Crippen LogP contribution in [0.4, 0.5) is 0 Å². The molecule has 11 aromatic rings. The van der Waals surface area contributed by atoms with Crippen LogP contribution in [0.3, 0.4) is 0 Å². The van der Waals surface area contributed by atoms with Crippen molar-refractivity contribution in [2.24, 2.45) is 0 Å². The highest BCUT2D eigenvalue weighted by Crippen LogP contribution is 2.46. The van der Waals surface area contributed by atoms with Crippen LogP contribution in [0.5, 0.6) is 0 Å². The van der Waals surface area contributed by atoms with Gasteiger partial charge in [0.05, 0.1) is 9.40 Å². The van der Waals surface area contributed by atoms with E-state index in [-0.39, 0.29) is 0 Å². The molecule has 0 fully saturated rings. The van der Waals surface area contributed by atoms with E-state index < -0.39 is 0 Å². The Morgan fingerprint density at radius 1 is 0.260 bits per heavy atom. The predicted molar refractivity (Wildman–Crippen MR) is 225 cm³/mol. The maximum absolute atomic E-state index is 2.38. The molecular formula is C46H26S4. The van der Waals surface area contributed by atoms with Crippen molar-refractivity contribution < 1.29 is 0 Å². The molecule has 0 saturated carbocycles. The van der Waals surface area contributed by atoms with Gasteiger partial charge >= 0.3 is 0 Å². The summed E-state index contributed by atoms with van der Waals surface area (Å²) >= 11 is 7.59. The van der Waals surface area contributed by atoms with Crippen molar-refractivity contribution in [3.8, 4) is 43.1 Å². The van der Waals surface area contributed by atoms with Crippen molar-refractivity contribution in [2.75, 3.05) is 0 Å². The average molecular weight is 707 g/mol.